The fourth-order valence-electron chi connectivity index (χ4n) is 1.39. The van der Waals surface area contributed by atoms with Crippen molar-refractivity contribution in [3.63, 3.8) is 0 Å². The summed E-state index contributed by atoms with van der Waals surface area (Å²) in [4.78, 5) is 6.69. The molecule has 2 rings (SSSR count). The molecule has 0 spiro atoms. The lowest BCUT2D eigenvalue weighted by atomic mass is 10.2. The van der Waals surface area contributed by atoms with Crippen molar-refractivity contribution in [3.05, 3.63) is 29.3 Å². The van der Waals surface area contributed by atoms with Gasteiger partial charge in [-0.1, -0.05) is 15.9 Å². The van der Waals surface area contributed by atoms with Gasteiger partial charge < -0.3 is 4.98 Å². The van der Waals surface area contributed by atoms with Crippen molar-refractivity contribution in [2.45, 2.75) is 11.8 Å². The highest BCUT2D eigenvalue weighted by molar-refractivity contribution is 9.08. The SMILES string of the molecule is Fc1cc(C(F)F)c2nc(CBr)[nH]c2c1. The lowest BCUT2D eigenvalue weighted by Crippen LogP contribution is -1.88. The number of aromatic nitrogens is 2. The fourth-order valence-corrected chi connectivity index (χ4v) is 1.65. The molecule has 80 valence electrons. The number of alkyl halides is 3. The molecule has 1 heterocycles. The average molecular weight is 279 g/mol. The van der Waals surface area contributed by atoms with Crippen LogP contribution in [0.3, 0.4) is 0 Å². The van der Waals surface area contributed by atoms with E-state index < -0.39 is 12.2 Å². The molecule has 0 unspecified atom stereocenters. The number of hydrogen-bond acceptors (Lipinski definition) is 1. The van der Waals surface area contributed by atoms with Crippen LogP contribution in [-0.4, -0.2) is 9.97 Å². The van der Waals surface area contributed by atoms with Crippen molar-refractivity contribution in [2.75, 3.05) is 0 Å². The van der Waals surface area contributed by atoms with Gasteiger partial charge in [-0.15, -0.1) is 0 Å². The molecule has 0 aliphatic heterocycles. The summed E-state index contributed by atoms with van der Waals surface area (Å²) in [6.45, 7) is 0. The van der Waals surface area contributed by atoms with Crippen LogP contribution in [0.15, 0.2) is 12.1 Å². The Hall–Kier alpha value is -1.04. The Morgan fingerprint density at radius 2 is 2.13 bits per heavy atom. The fraction of sp³-hybridized carbons (Fsp3) is 0.222. The summed E-state index contributed by atoms with van der Waals surface area (Å²) in [5, 5.41) is 0.409. The second kappa shape index (κ2) is 3.84. The molecule has 15 heavy (non-hydrogen) atoms. The Kier molecular flexibility index (Phi) is 2.68. The Morgan fingerprint density at radius 1 is 1.40 bits per heavy atom. The highest BCUT2D eigenvalue weighted by Gasteiger charge is 2.16. The second-order valence-electron chi connectivity index (χ2n) is 3.01. The lowest BCUT2D eigenvalue weighted by molar-refractivity contribution is 0.152. The summed E-state index contributed by atoms with van der Waals surface area (Å²) in [6.07, 6.45) is -2.73. The summed E-state index contributed by atoms with van der Waals surface area (Å²) in [5.41, 5.74) is 0.0362. The molecule has 0 fully saturated rings. The van der Waals surface area contributed by atoms with Crippen LogP contribution in [0.1, 0.15) is 17.8 Å². The third-order valence-corrected chi connectivity index (χ3v) is 2.52. The summed E-state index contributed by atoms with van der Waals surface area (Å²) < 4.78 is 38.1. The van der Waals surface area contributed by atoms with Gasteiger partial charge in [-0.2, -0.15) is 0 Å². The van der Waals surface area contributed by atoms with Crippen LogP contribution in [0.2, 0.25) is 0 Å². The second-order valence-corrected chi connectivity index (χ2v) is 3.57. The predicted molar refractivity (Wildman–Crippen MR) is 53.6 cm³/mol. The molecular formula is C9H6BrF3N2. The Labute approximate surface area is 91.6 Å². The number of halogens is 4. The van der Waals surface area contributed by atoms with E-state index in [2.05, 4.69) is 25.9 Å². The van der Waals surface area contributed by atoms with Gasteiger partial charge in [0.1, 0.15) is 11.6 Å². The van der Waals surface area contributed by atoms with Gasteiger partial charge in [0.15, 0.2) is 0 Å². The molecule has 0 atom stereocenters. The van der Waals surface area contributed by atoms with Gasteiger partial charge in [0.05, 0.1) is 16.4 Å². The number of nitrogens with one attached hydrogen (secondary N) is 1. The van der Waals surface area contributed by atoms with Crippen molar-refractivity contribution in [1.82, 2.24) is 9.97 Å². The first-order valence-electron chi connectivity index (χ1n) is 4.14. The maximum absolute atomic E-state index is 13.0. The number of aromatic amines is 1. The topological polar surface area (TPSA) is 28.7 Å². The number of rotatable bonds is 2. The largest absolute Gasteiger partial charge is 0.341 e. The van der Waals surface area contributed by atoms with Crippen LogP contribution in [-0.2, 0) is 5.33 Å². The van der Waals surface area contributed by atoms with Gasteiger partial charge in [0.25, 0.3) is 6.43 Å². The number of hydrogen-bond donors (Lipinski definition) is 1. The Bertz CT molecular complexity index is 495. The van der Waals surface area contributed by atoms with Gasteiger partial charge in [-0.3, -0.25) is 0 Å². The minimum Gasteiger partial charge on any atom is -0.341 e. The van der Waals surface area contributed by atoms with Crippen LogP contribution < -0.4 is 0 Å². The zero-order chi connectivity index (χ0) is 11.0. The molecule has 0 amide bonds. The molecule has 1 aromatic carbocycles. The van der Waals surface area contributed by atoms with E-state index in [0.717, 1.165) is 12.1 Å². The molecule has 0 aliphatic carbocycles. The molecule has 0 saturated carbocycles. The Balaban J connectivity index is 2.72. The number of fused-ring (bicyclic) bond motifs is 1. The average Bonchev–Trinajstić information content (AvgIpc) is 2.58. The standard InChI is InChI=1S/C9H6BrF3N2/c10-3-7-14-6-2-4(11)1-5(9(12)13)8(6)15-7/h1-2,9H,3H2,(H,14,15). The monoisotopic (exact) mass is 278 g/mol. The summed E-state index contributed by atoms with van der Waals surface area (Å²) in [6, 6.07) is 1.96. The van der Waals surface area contributed by atoms with Crippen LogP contribution in [0.25, 0.3) is 11.0 Å². The molecule has 0 saturated heterocycles. The number of nitrogens with zero attached hydrogens (tertiary/aromatic N) is 1. The minimum absolute atomic E-state index is 0.126. The first-order chi connectivity index (χ1) is 7.11. The van der Waals surface area contributed by atoms with E-state index in [4.69, 9.17) is 0 Å². The maximum atomic E-state index is 13.0. The molecule has 2 aromatic rings. The van der Waals surface area contributed by atoms with Crippen molar-refractivity contribution >= 4 is 27.0 Å². The van der Waals surface area contributed by atoms with Crippen molar-refractivity contribution in [1.29, 1.82) is 0 Å². The van der Waals surface area contributed by atoms with E-state index >= 15 is 0 Å². The zero-order valence-corrected chi connectivity index (χ0v) is 8.98. The maximum Gasteiger partial charge on any atom is 0.266 e. The first-order valence-corrected chi connectivity index (χ1v) is 5.26. The van der Waals surface area contributed by atoms with Gasteiger partial charge in [0, 0.05) is 5.56 Å². The number of H-pyrrole nitrogens is 1. The quantitative estimate of drug-likeness (QED) is 0.837. The zero-order valence-electron chi connectivity index (χ0n) is 7.40. The van der Waals surface area contributed by atoms with Gasteiger partial charge in [0.2, 0.25) is 0 Å². The third kappa shape index (κ3) is 1.86. The van der Waals surface area contributed by atoms with E-state index in [0.29, 0.717) is 16.7 Å². The molecule has 0 bridgehead atoms. The van der Waals surface area contributed by atoms with Crippen LogP contribution in [0, 0.1) is 5.82 Å². The summed E-state index contributed by atoms with van der Waals surface area (Å²) in [5.74, 6) is -0.194. The first kappa shape index (κ1) is 10.5. The van der Waals surface area contributed by atoms with Crippen molar-refractivity contribution < 1.29 is 13.2 Å². The van der Waals surface area contributed by atoms with E-state index in [-0.39, 0.29) is 11.1 Å². The van der Waals surface area contributed by atoms with Crippen LogP contribution in [0.4, 0.5) is 13.2 Å². The predicted octanol–water partition coefficient (Wildman–Crippen LogP) is 3.53. The molecule has 0 radical (unpaired) electrons. The normalized spacial score (nSPS) is 11.5. The third-order valence-electron chi connectivity index (χ3n) is 1.99. The van der Waals surface area contributed by atoms with Gasteiger partial charge in [-0.05, 0) is 12.1 Å². The van der Waals surface area contributed by atoms with Crippen molar-refractivity contribution in [3.8, 4) is 0 Å². The van der Waals surface area contributed by atoms with Crippen molar-refractivity contribution in [2.24, 2.45) is 0 Å². The van der Waals surface area contributed by atoms with Gasteiger partial charge in [-0.25, -0.2) is 18.2 Å². The van der Waals surface area contributed by atoms with E-state index in [1.165, 1.54) is 0 Å². The van der Waals surface area contributed by atoms with Crippen LogP contribution >= 0.6 is 15.9 Å². The molecule has 1 N–H and O–H groups in total. The molecule has 6 heteroatoms. The lowest BCUT2D eigenvalue weighted by Gasteiger charge is -2.00. The minimum atomic E-state index is -2.73. The van der Waals surface area contributed by atoms with Crippen LogP contribution in [0.5, 0.6) is 0 Å². The van der Waals surface area contributed by atoms with E-state index in [9.17, 15) is 13.2 Å². The molecule has 1 aromatic heterocycles. The molecule has 2 nitrogen and oxygen atoms in total. The van der Waals surface area contributed by atoms with Gasteiger partial charge >= 0.3 is 0 Å². The molecule has 0 aliphatic rings. The highest BCUT2D eigenvalue weighted by atomic mass is 79.9. The smallest absolute Gasteiger partial charge is 0.266 e. The number of benzene rings is 1. The van der Waals surface area contributed by atoms with E-state index in [1.54, 1.807) is 0 Å². The summed E-state index contributed by atoms with van der Waals surface area (Å²) >= 11 is 3.14. The highest BCUT2D eigenvalue weighted by Crippen LogP contribution is 2.27. The Morgan fingerprint density at radius 3 is 2.73 bits per heavy atom. The summed E-state index contributed by atoms with van der Waals surface area (Å²) in [7, 11) is 0. The van der Waals surface area contributed by atoms with E-state index in [1.807, 2.05) is 0 Å². The molecular weight excluding hydrogens is 273 g/mol. The number of imidazole rings is 1.